The fourth-order valence-electron chi connectivity index (χ4n) is 2.71. The monoisotopic (exact) mass is 231 g/mol. The molecule has 0 spiro atoms. The van der Waals surface area contributed by atoms with Crippen molar-refractivity contribution < 1.29 is 4.79 Å². The van der Waals surface area contributed by atoms with Gasteiger partial charge in [-0.2, -0.15) is 0 Å². The molecule has 1 saturated heterocycles. The van der Waals surface area contributed by atoms with E-state index < -0.39 is 0 Å². The molecule has 0 N–H and O–H groups in total. The van der Waals surface area contributed by atoms with E-state index in [1.165, 1.54) is 24.9 Å². The Kier molecular flexibility index (Phi) is 3.82. The van der Waals surface area contributed by atoms with Crippen LogP contribution in [0.25, 0.3) is 0 Å². The van der Waals surface area contributed by atoms with Crippen molar-refractivity contribution in [2.75, 3.05) is 11.4 Å². The molecule has 0 radical (unpaired) electrons. The Hall–Kier alpha value is -1.31. The van der Waals surface area contributed by atoms with Crippen LogP contribution in [0, 0.1) is 5.92 Å². The van der Waals surface area contributed by atoms with Crippen LogP contribution in [0.4, 0.5) is 5.69 Å². The molecule has 0 aliphatic carbocycles. The molecule has 2 nitrogen and oxygen atoms in total. The summed E-state index contributed by atoms with van der Waals surface area (Å²) in [6.07, 6.45) is 4.75. The zero-order valence-corrected chi connectivity index (χ0v) is 10.7. The minimum Gasteiger partial charge on any atom is -0.369 e. The van der Waals surface area contributed by atoms with Gasteiger partial charge in [0, 0.05) is 23.8 Å². The molecular formula is C15H21NO. The summed E-state index contributed by atoms with van der Waals surface area (Å²) >= 11 is 0. The molecule has 1 aromatic rings. The van der Waals surface area contributed by atoms with Crippen molar-refractivity contribution in [2.24, 2.45) is 5.92 Å². The summed E-state index contributed by atoms with van der Waals surface area (Å²) in [4.78, 5) is 13.1. The van der Waals surface area contributed by atoms with Gasteiger partial charge in [0.05, 0.1) is 0 Å². The maximum atomic E-state index is 10.6. The first-order valence-electron chi connectivity index (χ1n) is 6.52. The molecule has 17 heavy (non-hydrogen) atoms. The molecule has 1 atom stereocenters. The van der Waals surface area contributed by atoms with Crippen LogP contribution in [-0.2, 0) is 0 Å². The van der Waals surface area contributed by atoms with Crippen molar-refractivity contribution in [1.29, 1.82) is 0 Å². The van der Waals surface area contributed by atoms with E-state index in [0.717, 1.165) is 24.3 Å². The molecule has 92 valence electrons. The quantitative estimate of drug-likeness (QED) is 0.739. The van der Waals surface area contributed by atoms with Gasteiger partial charge in [-0.1, -0.05) is 13.8 Å². The van der Waals surface area contributed by atoms with Gasteiger partial charge < -0.3 is 4.90 Å². The molecule has 1 unspecified atom stereocenters. The summed E-state index contributed by atoms with van der Waals surface area (Å²) < 4.78 is 0. The van der Waals surface area contributed by atoms with Gasteiger partial charge in [-0.15, -0.1) is 0 Å². The largest absolute Gasteiger partial charge is 0.369 e. The summed E-state index contributed by atoms with van der Waals surface area (Å²) in [5.74, 6) is 0.745. The zero-order chi connectivity index (χ0) is 12.3. The maximum Gasteiger partial charge on any atom is 0.150 e. The number of hydrogen-bond acceptors (Lipinski definition) is 2. The van der Waals surface area contributed by atoms with E-state index in [0.29, 0.717) is 6.04 Å². The third-order valence-electron chi connectivity index (χ3n) is 3.48. The Bertz CT molecular complexity index is 369. The lowest BCUT2D eigenvalue weighted by atomic mass is 10.0. The SMILES string of the molecule is CC(C)CC1CCCN1c1ccc(C=O)cc1. The predicted molar refractivity (Wildman–Crippen MR) is 71.7 cm³/mol. The van der Waals surface area contributed by atoms with Gasteiger partial charge in [0.25, 0.3) is 0 Å². The Morgan fingerprint density at radius 2 is 2.06 bits per heavy atom. The number of nitrogens with zero attached hydrogens (tertiary/aromatic N) is 1. The number of carbonyl (C=O) groups excluding carboxylic acids is 1. The van der Waals surface area contributed by atoms with Gasteiger partial charge in [0.2, 0.25) is 0 Å². The Balaban J connectivity index is 2.11. The van der Waals surface area contributed by atoms with Crippen LogP contribution in [-0.4, -0.2) is 18.9 Å². The molecular weight excluding hydrogens is 210 g/mol. The third-order valence-corrected chi connectivity index (χ3v) is 3.48. The molecule has 0 saturated carbocycles. The number of hydrogen-bond donors (Lipinski definition) is 0. The minimum atomic E-state index is 0.678. The Morgan fingerprint density at radius 3 is 2.65 bits per heavy atom. The van der Waals surface area contributed by atoms with E-state index in [1.807, 2.05) is 12.1 Å². The van der Waals surface area contributed by atoms with E-state index in [9.17, 15) is 4.79 Å². The average Bonchev–Trinajstić information content (AvgIpc) is 2.76. The molecule has 0 bridgehead atoms. The molecule has 1 aliphatic heterocycles. The molecule has 1 fully saturated rings. The highest BCUT2D eigenvalue weighted by molar-refractivity contribution is 5.75. The lowest BCUT2D eigenvalue weighted by Crippen LogP contribution is -2.30. The molecule has 1 heterocycles. The number of anilines is 1. The first kappa shape index (κ1) is 12.2. The topological polar surface area (TPSA) is 20.3 Å². The molecule has 2 heteroatoms. The van der Waals surface area contributed by atoms with Crippen molar-refractivity contribution in [3.63, 3.8) is 0 Å². The minimum absolute atomic E-state index is 0.678. The Morgan fingerprint density at radius 1 is 1.35 bits per heavy atom. The van der Waals surface area contributed by atoms with E-state index in [1.54, 1.807) is 0 Å². The van der Waals surface area contributed by atoms with E-state index >= 15 is 0 Å². The van der Waals surface area contributed by atoms with E-state index in [4.69, 9.17) is 0 Å². The summed E-state index contributed by atoms with van der Waals surface area (Å²) in [6.45, 7) is 5.72. The first-order valence-corrected chi connectivity index (χ1v) is 6.52. The lowest BCUT2D eigenvalue weighted by Gasteiger charge is -2.28. The number of rotatable bonds is 4. The normalized spacial score (nSPS) is 19.9. The van der Waals surface area contributed by atoms with Crippen molar-refractivity contribution in [1.82, 2.24) is 0 Å². The fourth-order valence-corrected chi connectivity index (χ4v) is 2.71. The van der Waals surface area contributed by atoms with Crippen LogP contribution in [0.5, 0.6) is 0 Å². The molecule has 1 aromatic carbocycles. The van der Waals surface area contributed by atoms with Gasteiger partial charge in [-0.3, -0.25) is 4.79 Å². The van der Waals surface area contributed by atoms with Crippen LogP contribution in [0.2, 0.25) is 0 Å². The van der Waals surface area contributed by atoms with Gasteiger partial charge in [0.1, 0.15) is 6.29 Å². The molecule has 1 aliphatic rings. The molecule has 0 aromatic heterocycles. The van der Waals surface area contributed by atoms with E-state index in [-0.39, 0.29) is 0 Å². The van der Waals surface area contributed by atoms with Crippen LogP contribution < -0.4 is 4.90 Å². The highest BCUT2D eigenvalue weighted by Crippen LogP contribution is 2.29. The van der Waals surface area contributed by atoms with Crippen molar-refractivity contribution >= 4 is 12.0 Å². The van der Waals surface area contributed by atoms with Gasteiger partial charge in [-0.05, 0) is 49.4 Å². The van der Waals surface area contributed by atoms with Gasteiger partial charge in [-0.25, -0.2) is 0 Å². The summed E-state index contributed by atoms with van der Waals surface area (Å²) in [6, 6.07) is 8.64. The van der Waals surface area contributed by atoms with Crippen LogP contribution in [0.3, 0.4) is 0 Å². The summed E-state index contributed by atoms with van der Waals surface area (Å²) in [5.41, 5.74) is 2.02. The molecule has 0 amide bonds. The van der Waals surface area contributed by atoms with Crippen molar-refractivity contribution in [3.8, 4) is 0 Å². The van der Waals surface area contributed by atoms with E-state index in [2.05, 4.69) is 30.9 Å². The zero-order valence-electron chi connectivity index (χ0n) is 10.7. The lowest BCUT2D eigenvalue weighted by molar-refractivity contribution is 0.112. The van der Waals surface area contributed by atoms with Gasteiger partial charge >= 0.3 is 0 Å². The number of carbonyl (C=O) groups is 1. The maximum absolute atomic E-state index is 10.6. The standard InChI is InChI=1S/C15H21NO/c1-12(2)10-15-4-3-9-16(15)14-7-5-13(11-17)6-8-14/h5-8,11-12,15H,3-4,9-10H2,1-2H3. The fraction of sp³-hybridized carbons (Fsp3) is 0.533. The molecule has 2 rings (SSSR count). The highest BCUT2D eigenvalue weighted by atomic mass is 16.1. The second kappa shape index (κ2) is 5.35. The van der Waals surface area contributed by atoms with Crippen LogP contribution in [0.15, 0.2) is 24.3 Å². The Labute approximate surface area is 104 Å². The smallest absolute Gasteiger partial charge is 0.150 e. The highest BCUT2D eigenvalue weighted by Gasteiger charge is 2.25. The predicted octanol–water partition coefficient (Wildman–Crippen LogP) is 3.51. The number of benzene rings is 1. The van der Waals surface area contributed by atoms with Gasteiger partial charge in [0.15, 0.2) is 0 Å². The summed E-state index contributed by atoms with van der Waals surface area (Å²) in [7, 11) is 0. The first-order chi connectivity index (χ1) is 8.20. The average molecular weight is 231 g/mol. The second-order valence-corrected chi connectivity index (χ2v) is 5.33. The second-order valence-electron chi connectivity index (χ2n) is 5.33. The van der Waals surface area contributed by atoms with Crippen LogP contribution >= 0.6 is 0 Å². The summed E-state index contributed by atoms with van der Waals surface area (Å²) in [5, 5.41) is 0. The van der Waals surface area contributed by atoms with Crippen molar-refractivity contribution in [3.05, 3.63) is 29.8 Å². The van der Waals surface area contributed by atoms with Crippen LogP contribution in [0.1, 0.15) is 43.5 Å². The third kappa shape index (κ3) is 2.87. The van der Waals surface area contributed by atoms with Crippen molar-refractivity contribution in [2.45, 2.75) is 39.2 Å². The number of aldehydes is 1.